The van der Waals surface area contributed by atoms with Crippen LogP contribution in [0.1, 0.15) is 20.3 Å². The minimum absolute atomic E-state index is 0.0846. The molecule has 0 fully saturated rings. The Morgan fingerprint density at radius 3 is 2.10 bits per heavy atom. The first-order valence-electron chi connectivity index (χ1n) is 6.32. The van der Waals surface area contributed by atoms with E-state index in [9.17, 15) is 14.7 Å². The summed E-state index contributed by atoms with van der Waals surface area (Å²) in [6.45, 7) is 9.87. The van der Waals surface area contributed by atoms with Crippen LogP contribution in [0.25, 0.3) is 0 Å². The summed E-state index contributed by atoms with van der Waals surface area (Å²) < 4.78 is 5.00. The first-order chi connectivity index (χ1) is 9.79. The van der Waals surface area contributed by atoms with Gasteiger partial charge in [-0.2, -0.15) is 0 Å². The van der Waals surface area contributed by atoms with Crippen LogP contribution >= 0.6 is 0 Å². The number of aliphatic hydroxyl groups is 1. The Hall–Kier alpha value is -2.40. The molecule has 1 aromatic rings. The summed E-state index contributed by atoms with van der Waals surface area (Å²) in [5.74, 6) is -1.07. The lowest BCUT2D eigenvalue weighted by atomic mass is 10.1. The molecule has 5 heteroatoms. The fourth-order valence-electron chi connectivity index (χ4n) is 1.04. The van der Waals surface area contributed by atoms with Crippen molar-refractivity contribution in [2.24, 2.45) is 0 Å². The van der Waals surface area contributed by atoms with Gasteiger partial charge in [0.05, 0.1) is 11.7 Å². The van der Waals surface area contributed by atoms with Crippen molar-refractivity contribution in [2.45, 2.75) is 26.4 Å². The van der Waals surface area contributed by atoms with Crippen LogP contribution in [0, 0.1) is 0 Å². The number of carbonyl (C=O) groups is 2. The van der Waals surface area contributed by atoms with Gasteiger partial charge in [-0.1, -0.05) is 38.3 Å². The first-order valence-corrected chi connectivity index (χ1v) is 6.32. The minimum Gasteiger partial charge on any atom is -0.478 e. The second-order valence-corrected chi connectivity index (χ2v) is 4.24. The molecule has 0 aliphatic carbocycles. The Morgan fingerprint density at radius 2 is 1.71 bits per heavy atom. The Labute approximate surface area is 124 Å². The fourth-order valence-corrected chi connectivity index (χ4v) is 1.04. The van der Waals surface area contributed by atoms with Gasteiger partial charge < -0.3 is 14.9 Å². The predicted molar refractivity (Wildman–Crippen MR) is 80.0 cm³/mol. The lowest BCUT2D eigenvalue weighted by molar-refractivity contribution is -0.133. The number of carbonyl (C=O) groups excluding carboxylic acids is 1. The van der Waals surface area contributed by atoms with E-state index in [1.54, 1.807) is 31.2 Å². The van der Waals surface area contributed by atoms with Crippen LogP contribution in [0.15, 0.2) is 54.6 Å². The zero-order chi connectivity index (χ0) is 16.4. The number of esters is 1. The van der Waals surface area contributed by atoms with Gasteiger partial charge >= 0.3 is 11.9 Å². The third kappa shape index (κ3) is 7.69. The Balaban J connectivity index is 0.000000567. The molecular formula is C16H20O5. The molecule has 0 amide bonds. The molecule has 0 saturated heterocycles. The molecule has 0 aliphatic rings. The molecule has 0 aromatic heterocycles. The quantitative estimate of drug-likeness (QED) is 0.495. The summed E-state index contributed by atoms with van der Waals surface area (Å²) in [6, 6.07) is 8.70. The number of para-hydroxylation sites is 1. The lowest BCUT2D eigenvalue weighted by Gasteiger charge is -2.10. The standard InChI is InChI=1S/C12H14O3.C4H6O2/c1-3-11(13)9(2)12(14)15-10-7-5-4-6-8-10;1-3(2)4(5)6/h4-8,11,13H,2-3H2,1H3;1H2,2H3,(H,5,6). The molecule has 0 bridgehead atoms. The highest BCUT2D eigenvalue weighted by Crippen LogP contribution is 2.12. The van der Waals surface area contributed by atoms with Crippen molar-refractivity contribution in [2.75, 3.05) is 0 Å². The van der Waals surface area contributed by atoms with E-state index in [0.29, 0.717) is 12.2 Å². The number of ether oxygens (including phenoxy) is 1. The van der Waals surface area contributed by atoms with Crippen molar-refractivity contribution in [3.05, 3.63) is 54.6 Å². The topological polar surface area (TPSA) is 83.8 Å². The first kappa shape index (κ1) is 18.6. The Kier molecular flexibility index (Phi) is 8.41. The number of rotatable bonds is 5. The van der Waals surface area contributed by atoms with Crippen LogP contribution < -0.4 is 4.74 Å². The molecule has 1 unspecified atom stereocenters. The number of hydrogen-bond acceptors (Lipinski definition) is 4. The van der Waals surface area contributed by atoms with Crippen molar-refractivity contribution in [1.29, 1.82) is 0 Å². The van der Waals surface area contributed by atoms with E-state index in [-0.39, 0.29) is 11.1 Å². The summed E-state index contributed by atoms with van der Waals surface area (Å²) in [5, 5.41) is 17.3. The maximum Gasteiger partial charge on any atom is 0.341 e. The molecule has 0 radical (unpaired) electrons. The number of benzene rings is 1. The average Bonchev–Trinajstić information content (AvgIpc) is 2.47. The molecule has 0 saturated carbocycles. The van der Waals surface area contributed by atoms with Crippen LogP contribution in [-0.4, -0.2) is 28.3 Å². The van der Waals surface area contributed by atoms with Gasteiger partial charge in [0.2, 0.25) is 0 Å². The second kappa shape index (κ2) is 9.50. The number of hydrogen-bond donors (Lipinski definition) is 2. The highest BCUT2D eigenvalue weighted by atomic mass is 16.5. The molecule has 0 spiro atoms. The largest absolute Gasteiger partial charge is 0.478 e. The molecule has 0 aliphatic heterocycles. The number of aliphatic carboxylic acids is 1. The number of aliphatic hydroxyl groups excluding tert-OH is 1. The van der Waals surface area contributed by atoms with E-state index >= 15 is 0 Å². The highest BCUT2D eigenvalue weighted by Gasteiger charge is 2.16. The monoisotopic (exact) mass is 292 g/mol. The van der Waals surface area contributed by atoms with Crippen LogP contribution in [-0.2, 0) is 9.59 Å². The van der Waals surface area contributed by atoms with E-state index in [2.05, 4.69) is 13.2 Å². The molecule has 1 aromatic carbocycles. The zero-order valence-corrected chi connectivity index (χ0v) is 12.2. The Morgan fingerprint density at radius 1 is 1.24 bits per heavy atom. The normalized spacial score (nSPS) is 10.6. The second-order valence-electron chi connectivity index (χ2n) is 4.24. The average molecular weight is 292 g/mol. The minimum atomic E-state index is -0.935. The van der Waals surface area contributed by atoms with Gasteiger partial charge in [0.25, 0.3) is 0 Å². The van der Waals surface area contributed by atoms with Gasteiger partial charge in [-0.05, 0) is 25.5 Å². The third-order valence-corrected chi connectivity index (χ3v) is 2.37. The van der Waals surface area contributed by atoms with Gasteiger partial charge in [-0.3, -0.25) is 0 Å². The van der Waals surface area contributed by atoms with E-state index in [1.807, 2.05) is 6.07 Å². The van der Waals surface area contributed by atoms with Crippen molar-refractivity contribution in [3.63, 3.8) is 0 Å². The third-order valence-electron chi connectivity index (χ3n) is 2.37. The van der Waals surface area contributed by atoms with E-state index in [0.717, 1.165) is 0 Å². The number of carboxylic acids is 1. The SMILES string of the molecule is C=C(C(=O)Oc1ccccc1)C(O)CC.C=C(C)C(=O)O. The van der Waals surface area contributed by atoms with Gasteiger partial charge in [0, 0.05) is 5.57 Å². The zero-order valence-electron chi connectivity index (χ0n) is 12.2. The van der Waals surface area contributed by atoms with E-state index in [4.69, 9.17) is 9.84 Å². The van der Waals surface area contributed by atoms with Crippen molar-refractivity contribution < 1.29 is 24.5 Å². The van der Waals surface area contributed by atoms with Crippen LogP contribution in [0.4, 0.5) is 0 Å². The predicted octanol–water partition coefficient (Wildman–Crippen LogP) is 2.57. The fraction of sp³-hybridized carbons (Fsp3) is 0.250. The Bertz CT molecular complexity index is 493. The van der Waals surface area contributed by atoms with Crippen molar-refractivity contribution in [1.82, 2.24) is 0 Å². The molecule has 5 nitrogen and oxygen atoms in total. The van der Waals surface area contributed by atoms with Crippen molar-refractivity contribution >= 4 is 11.9 Å². The lowest BCUT2D eigenvalue weighted by Crippen LogP contribution is -2.20. The van der Waals surface area contributed by atoms with Gasteiger partial charge in [-0.25, -0.2) is 9.59 Å². The van der Waals surface area contributed by atoms with Crippen molar-refractivity contribution in [3.8, 4) is 5.75 Å². The maximum absolute atomic E-state index is 11.4. The van der Waals surface area contributed by atoms with E-state index < -0.39 is 18.0 Å². The smallest absolute Gasteiger partial charge is 0.341 e. The maximum atomic E-state index is 11.4. The number of carboxylic acid groups (broad SMARTS) is 1. The summed E-state index contributed by atoms with van der Waals surface area (Å²) >= 11 is 0. The van der Waals surface area contributed by atoms with E-state index in [1.165, 1.54) is 6.92 Å². The molecule has 1 atom stereocenters. The molecule has 114 valence electrons. The van der Waals surface area contributed by atoms with Gasteiger partial charge in [0.1, 0.15) is 5.75 Å². The molecular weight excluding hydrogens is 272 g/mol. The summed E-state index contributed by atoms with van der Waals surface area (Å²) in [4.78, 5) is 21.0. The molecule has 21 heavy (non-hydrogen) atoms. The summed E-state index contributed by atoms with van der Waals surface area (Å²) in [5.41, 5.74) is 0.261. The molecule has 0 heterocycles. The van der Waals surface area contributed by atoms with Crippen LogP contribution in [0.2, 0.25) is 0 Å². The highest BCUT2D eigenvalue weighted by molar-refractivity contribution is 5.90. The molecule has 1 rings (SSSR count). The van der Waals surface area contributed by atoms with Crippen LogP contribution in [0.5, 0.6) is 5.75 Å². The van der Waals surface area contributed by atoms with Gasteiger partial charge in [-0.15, -0.1) is 0 Å². The summed E-state index contributed by atoms with van der Waals surface area (Å²) in [6.07, 6.45) is -0.385. The van der Waals surface area contributed by atoms with Crippen LogP contribution in [0.3, 0.4) is 0 Å². The van der Waals surface area contributed by atoms with Gasteiger partial charge in [0.15, 0.2) is 0 Å². The summed E-state index contributed by atoms with van der Waals surface area (Å²) in [7, 11) is 0. The molecule has 2 N–H and O–H groups in total.